The first kappa shape index (κ1) is 13.8. The van der Waals surface area contributed by atoms with E-state index in [1.807, 2.05) is 18.2 Å². The zero-order valence-corrected chi connectivity index (χ0v) is 11.8. The summed E-state index contributed by atoms with van der Waals surface area (Å²) in [7, 11) is 0. The molecule has 3 rings (SSSR count). The number of benzene rings is 1. The Morgan fingerprint density at radius 2 is 1.90 bits per heavy atom. The maximum atomic E-state index is 10.9. The molecule has 2 heterocycles. The Kier molecular flexibility index (Phi) is 3.99. The molecule has 0 aliphatic carbocycles. The number of carboxylic acid groups (broad SMARTS) is 1. The highest BCUT2D eigenvalue weighted by atomic mass is 16.6. The average Bonchev–Trinajstić information content (AvgIpc) is 2.53. The van der Waals surface area contributed by atoms with Crippen molar-refractivity contribution in [2.75, 3.05) is 26.3 Å². The van der Waals surface area contributed by atoms with E-state index in [1.54, 1.807) is 0 Å². The topological polar surface area (TPSA) is 59.0 Å². The van der Waals surface area contributed by atoms with Crippen molar-refractivity contribution >= 4 is 12.2 Å². The highest BCUT2D eigenvalue weighted by Gasteiger charge is 2.20. The zero-order chi connectivity index (χ0) is 14.7. The highest BCUT2D eigenvalue weighted by Crippen LogP contribution is 2.31. The van der Waals surface area contributed by atoms with Gasteiger partial charge in [0.1, 0.15) is 13.2 Å². The molecule has 1 N–H and O–H groups in total. The lowest BCUT2D eigenvalue weighted by Crippen LogP contribution is -2.36. The summed E-state index contributed by atoms with van der Waals surface area (Å²) in [5.74, 6) is 2.03. The second-order valence-corrected chi connectivity index (χ2v) is 5.37. The van der Waals surface area contributed by atoms with Crippen LogP contribution in [0.1, 0.15) is 18.4 Å². The fraction of sp³-hybridized carbons (Fsp3) is 0.438. The minimum absolute atomic E-state index is 0.439. The van der Waals surface area contributed by atoms with Crippen molar-refractivity contribution in [2.24, 2.45) is 5.92 Å². The van der Waals surface area contributed by atoms with Gasteiger partial charge in [0, 0.05) is 13.1 Å². The van der Waals surface area contributed by atoms with Crippen molar-refractivity contribution in [1.82, 2.24) is 4.90 Å². The maximum absolute atomic E-state index is 10.9. The maximum Gasteiger partial charge on any atom is 0.407 e. The van der Waals surface area contributed by atoms with Crippen LogP contribution in [-0.2, 0) is 0 Å². The monoisotopic (exact) mass is 289 g/mol. The van der Waals surface area contributed by atoms with Crippen LogP contribution in [0.15, 0.2) is 24.3 Å². The SMILES string of the molecule is O=C(O)N1CCC(/C=C\c2ccc3c(c2)OCCO3)CC1. The molecule has 0 spiro atoms. The van der Waals surface area contributed by atoms with E-state index < -0.39 is 6.09 Å². The van der Waals surface area contributed by atoms with Gasteiger partial charge in [-0.3, -0.25) is 0 Å². The van der Waals surface area contributed by atoms with E-state index in [2.05, 4.69) is 12.2 Å². The second-order valence-electron chi connectivity index (χ2n) is 5.37. The summed E-state index contributed by atoms with van der Waals surface area (Å²) in [6, 6.07) is 5.93. The third kappa shape index (κ3) is 3.29. The highest BCUT2D eigenvalue weighted by molar-refractivity contribution is 5.65. The summed E-state index contributed by atoms with van der Waals surface area (Å²) in [5, 5.41) is 8.93. The molecule has 0 atom stereocenters. The van der Waals surface area contributed by atoms with Gasteiger partial charge in [-0.1, -0.05) is 18.2 Å². The summed E-state index contributed by atoms with van der Waals surface area (Å²) in [6.07, 6.45) is 5.20. The van der Waals surface area contributed by atoms with E-state index in [0.717, 1.165) is 29.9 Å². The molecule has 5 nitrogen and oxygen atoms in total. The quantitative estimate of drug-likeness (QED) is 0.909. The fourth-order valence-electron chi connectivity index (χ4n) is 2.69. The molecule has 1 amide bonds. The molecule has 0 aromatic heterocycles. The van der Waals surface area contributed by atoms with Gasteiger partial charge >= 0.3 is 6.09 Å². The Morgan fingerprint density at radius 3 is 2.62 bits per heavy atom. The van der Waals surface area contributed by atoms with Crippen LogP contribution in [0.5, 0.6) is 11.5 Å². The molecular weight excluding hydrogens is 270 g/mol. The average molecular weight is 289 g/mol. The number of piperidine rings is 1. The molecule has 112 valence electrons. The van der Waals surface area contributed by atoms with Crippen LogP contribution < -0.4 is 9.47 Å². The minimum atomic E-state index is -0.815. The van der Waals surface area contributed by atoms with E-state index in [4.69, 9.17) is 14.6 Å². The van der Waals surface area contributed by atoms with Crippen LogP contribution in [0.4, 0.5) is 4.79 Å². The minimum Gasteiger partial charge on any atom is -0.486 e. The van der Waals surface area contributed by atoms with E-state index in [9.17, 15) is 4.79 Å². The van der Waals surface area contributed by atoms with Crippen LogP contribution in [0.2, 0.25) is 0 Å². The fourth-order valence-corrected chi connectivity index (χ4v) is 2.69. The number of allylic oxidation sites excluding steroid dienone is 1. The number of ether oxygens (including phenoxy) is 2. The third-order valence-electron chi connectivity index (χ3n) is 3.94. The summed E-state index contributed by atoms with van der Waals surface area (Å²) in [6.45, 7) is 2.43. The van der Waals surface area contributed by atoms with Gasteiger partial charge in [0.05, 0.1) is 0 Å². The number of rotatable bonds is 2. The molecule has 1 fully saturated rings. The Hall–Kier alpha value is -2.17. The predicted molar refractivity (Wildman–Crippen MR) is 78.8 cm³/mol. The molecule has 2 aliphatic rings. The first-order valence-corrected chi connectivity index (χ1v) is 7.28. The molecule has 0 unspecified atom stereocenters. The van der Waals surface area contributed by atoms with Crippen molar-refractivity contribution in [2.45, 2.75) is 12.8 Å². The van der Waals surface area contributed by atoms with Gasteiger partial charge < -0.3 is 19.5 Å². The lowest BCUT2D eigenvalue weighted by Gasteiger charge is -2.28. The Labute approximate surface area is 123 Å². The number of likely N-dealkylation sites (tertiary alicyclic amines) is 1. The number of fused-ring (bicyclic) bond motifs is 1. The van der Waals surface area contributed by atoms with E-state index in [-0.39, 0.29) is 0 Å². The van der Waals surface area contributed by atoms with E-state index in [0.29, 0.717) is 32.2 Å². The van der Waals surface area contributed by atoms with Crippen molar-refractivity contribution in [3.05, 3.63) is 29.8 Å². The van der Waals surface area contributed by atoms with Crippen molar-refractivity contribution in [3.63, 3.8) is 0 Å². The van der Waals surface area contributed by atoms with Gasteiger partial charge in [-0.15, -0.1) is 0 Å². The second kappa shape index (κ2) is 6.08. The Morgan fingerprint density at radius 1 is 1.19 bits per heavy atom. The standard InChI is InChI=1S/C16H19NO4/c18-16(19)17-7-5-12(6-8-17)1-2-13-3-4-14-15(11-13)21-10-9-20-14/h1-4,11-12H,5-10H2,(H,18,19)/b2-1-. The van der Waals surface area contributed by atoms with Crippen LogP contribution in [-0.4, -0.2) is 42.4 Å². The molecule has 1 aromatic carbocycles. The van der Waals surface area contributed by atoms with Gasteiger partial charge in [0.15, 0.2) is 11.5 Å². The Bertz CT molecular complexity index is 547. The van der Waals surface area contributed by atoms with Crippen molar-refractivity contribution in [1.29, 1.82) is 0 Å². The van der Waals surface area contributed by atoms with Crippen LogP contribution in [0.25, 0.3) is 6.08 Å². The van der Waals surface area contributed by atoms with Crippen LogP contribution >= 0.6 is 0 Å². The van der Waals surface area contributed by atoms with Crippen LogP contribution in [0, 0.1) is 5.92 Å². The predicted octanol–water partition coefficient (Wildman–Crippen LogP) is 2.86. The van der Waals surface area contributed by atoms with Gasteiger partial charge in [-0.25, -0.2) is 4.79 Å². The molecule has 5 heteroatoms. The molecule has 21 heavy (non-hydrogen) atoms. The lowest BCUT2D eigenvalue weighted by atomic mass is 9.96. The van der Waals surface area contributed by atoms with Crippen LogP contribution in [0.3, 0.4) is 0 Å². The summed E-state index contributed by atoms with van der Waals surface area (Å²) in [5.41, 5.74) is 1.08. The van der Waals surface area contributed by atoms with E-state index in [1.165, 1.54) is 4.90 Å². The van der Waals surface area contributed by atoms with E-state index >= 15 is 0 Å². The summed E-state index contributed by atoms with van der Waals surface area (Å²) >= 11 is 0. The first-order valence-electron chi connectivity index (χ1n) is 7.28. The number of nitrogens with zero attached hydrogens (tertiary/aromatic N) is 1. The first-order chi connectivity index (χ1) is 10.2. The van der Waals surface area contributed by atoms with Gasteiger partial charge in [0.25, 0.3) is 0 Å². The largest absolute Gasteiger partial charge is 0.486 e. The number of hydrogen-bond donors (Lipinski definition) is 1. The molecule has 1 saturated heterocycles. The zero-order valence-electron chi connectivity index (χ0n) is 11.8. The smallest absolute Gasteiger partial charge is 0.407 e. The van der Waals surface area contributed by atoms with Crippen molar-refractivity contribution in [3.8, 4) is 11.5 Å². The summed E-state index contributed by atoms with van der Waals surface area (Å²) in [4.78, 5) is 12.3. The number of carbonyl (C=O) groups is 1. The molecular formula is C16H19NO4. The van der Waals surface area contributed by atoms with Gasteiger partial charge in [0.2, 0.25) is 0 Å². The molecule has 0 saturated carbocycles. The molecule has 2 aliphatic heterocycles. The third-order valence-corrected chi connectivity index (χ3v) is 3.94. The summed E-state index contributed by atoms with van der Waals surface area (Å²) < 4.78 is 11.1. The molecule has 0 radical (unpaired) electrons. The van der Waals surface area contributed by atoms with Crippen molar-refractivity contribution < 1.29 is 19.4 Å². The van der Waals surface area contributed by atoms with Gasteiger partial charge in [-0.2, -0.15) is 0 Å². The molecule has 1 aromatic rings. The lowest BCUT2D eigenvalue weighted by molar-refractivity contribution is 0.129. The molecule has 0 bridgehead atoms. The Balaban J connectivity index is 1.60. The normalized spacial score (nSPS) is 19.0. The van der Waals surface area contributed by atoms with Gasteiger partial charge in [-0.05, 0) is 36.5 Å². The number of hydrogen-bond acceptors (Lipinski definition) is 3. The number of amides is 1.